The highest BCUT2D eigenvalue weighted by Gasteiger charge is 2.15. The molecule has 1 aromatic heterocycles. The monoisotopic (exact) mass is 303 g/mol. The highest BCUT2D eigenvalue weighted by Crippen LogP contribution is 2.27. The van der Waals surface area contributed by atoms with Gasteiger partial charge in [-0.05, 0) is 46.1 Å². The van der Waals surface area contributed by atoms with Gasteiger partial charge in [0.1, 0.15) is 6.61 Å². The summed E-state index contributed by atoms with van der Waals surface area (Å²) in [4.78, 5) is 13.6. The number of ether oxygens (including phenoxy) is 1. The van der Waals surface area contributed by atoms with Crippen molar-refractivity contribution < 1.29 is 4.74 Å². The van der Waals surface area contributed by atoms with E-state index in [1.165, 1.54) is 0 Å². The van der Waals surface area contributed by atoms with E-state index in [1.807, 2.05) is 32.3 Å². The third kappa shape index (κ3) is 3.76. The molecule has 2 aromatic rings. The van der Waals surface area contributed by atoms with Gasteiger partial charge in [-0.25, -0.2) is 9.97 Å². The second-order valence-corrected chi connectivity index (χ2v) is 5.42. The molecule has 120 valence electrons. The molecular formula is C16H25N5O. The minimum Gasteiger partial charge on any atom is -0.474 e. The van der Waals surface area contributed by atoms with Crippen molar-refractivity contribution in [3.63, 3.8) is 0 Å². The summed E-state index contributed by atoms with van der Waals surface area (Å²) in [5.41, 5.74) is 8.13. The van der Waals surface area contributed by atoms with Crippen molar-refractivity contribution in [1.82, 2.24) is 14.9 Å². The Hall–Kier alpha value is -2.08. The summed E-state index contributed by atoms with van der Waals surface area (Å²) >= 11 is 0. The van der Waals surface area contributed by atoms with Crippen LogP contribution in [0.5, 0.6) is 5.88 Å². The van der Waals surface area contributed by atoms with Crippen LogP contribution >= 0.6 is 0 Å². The topological polar surface area (TPSA) is 67.5 Å². The van der Waals surface area contributed by atoms with Crippen molar-refractivity contribution in [2.24, 2.45) is 0 Å². The zero-order valence-electron chi connectivity index (χ0n) is 13.8. The minimum atomic E-state index is 0.580. The number of fused-ring (bicyclic) bond motifs is 1. The summed E-state index contributed by atoms with van der Waals surface area (Å²) in [5, 5.41) is 0. The van der Waals surface area contributed by atoms with Gasteiger partial charge in [-0.3, -0.25) is 0 Å². The molecule has 0 amide bonds. The predicted octanol–water partition coefficient (Wildman–Crippen LogP) is 2.00. The molecule has 0 saturated carbocycles. The highest BCUT2D eigenvalue weighted by molar-refractivity contribution is 5.80. The van der Waals surface area contributed by atoms with Gasteiger partial charge in [0.05, 0.1) is 11.0 Å². The Labute approximate surface area is 131 Å². The molecule has 6 nitrogen and oxygen atoms in total. The van der Waals surface area contributed by atoms with Crippen LogP contribution in [0, 0.1) is 0 Å². The van der Waals surface area contributed by atoms with Gasteiger partial charge in [0.25, 0.3) is 5.88 Å². The first kappa shape index (κ1) is 16.3. The van der Waals surface area contributed by atoms with Gasteiger partial charge in [0.15, 0.2) is 5.82 Å². The molecule has 0 atom stereocenters. The molecule has 1 aromatic carbocycles. The molecule has 0 aliphatic rings. The molecule has 1 heterocycles. The molecule has 0 spiro atoms. The molecule has 2 N–H and O–H groups in total. The molecule has 2 rings (SSSR count). The zero-order chi connectivity index (χ0) is 16.1. The van der Waals surface area contributed by atoms with Crippen LogP contribution in [0.2, 0.25) is 0 Å². The van der Waals surface area contributed by atoms with Crippen molar-refractivity contribution in [2.75, 3.05) is 51.0 Å². The maximum absolute atomic E-state index is 5.88. The SMILES string of the molecule is CCN(CC)c1nc2cc(N)ccc2nc1OCCN(C)C. The summed E-state index contributed by atoms with van der Waals surface area (Å²) in [6.07, 6.45) is 0. The summed E-state index contributed by atoms with van der Waals surface area (Å²) in [6, 6.07) is 5.55. The Morgan fingerprint density at radius 2 is 1.82 bits per heavy atom. The molecule has 0 bridgehead atoms. The molecule has 0 saturated heterocycles. The highest BCUT2D eigenvalue weighted by atomic mass is 16.5. The molecule has 0 fully saturated rings. The van der Waals surface area contributed by atoms with Crippen LogP contribution in [0.1, 0.15) is 13.8 Å². The Morgan fingerprint density at radius 3 is 2.45 bits per heavy atom. The molecule has 6 heteroatoms. The third-order valence-electron chi connectivity index (χ3n) is 3.48. The van der Waals surface area contributed by atoms with Crippen LogP contribution in [0.15, 0.2) is 18.2 Å². The number of hydrogen-bond acceptors (Lipinski definition) is 6. The number of nitrogen functional groups attached to an aromatic ring is 1. The van der Waals surface area contributed by atoms with Gasteiger partial charge >= 0.3 is 0 Å². The number of nitrogens with zero attached hydrogens (tertiary/aromatic N) is 4. The van der Waals surface area contributed by atoms with Crippen molar-refractivity contribution in [2.45, 2.75) is 13.8 Å². The number of nitrogens with two attached hydrogens (primary N) is 1. The van der Waals surface area contributed by atoms with Gasteiger partial charge in [0, 0.05) is 25.3 Å². The fourth-order valence-corrected chi connectivity index (χ4v) is 2.20. The van der Waals surface area contributed by atoms with E-state index < -0.39 is 0 Å². The Balaban J connectivity index is 2.40. The predicted molar refractivity (Wildman–Crippen MR) is 91.6 cm³/mol. The van der Waals surface area contributed by atoms with Crippen molar-refractivity contribution in [3.05, 3.63) is 18.2 Å². The van der Waals surface area contributed by atoms with Crippen molar-refractivity contribution in [3.8, 4) is 5.88 Å². The smallest absolute Gasteiger partial charge is 0.258 e. The lowest BCUT2D eigenvalue weighted by Crippen LogP contribution is -2.25. The maximum Gasteiger partial charge on any atom is 0.258 e. The van der Waals surface area contributed by atoms with Gasteiger partial charge in [0.2, 0.25) is 0 Å². The zero-order valence-corrected chi connectivity index (χ0v) is 13.8. The number of aromatic nitrogens is 2. The number of hydrogen-bond donors (Lipinski definition) is 1. The first-order chi connectivity index (χ1) is 10.5. The van der Waals surface area contributed by atoms with Crippen LogP contribution in [-0.2, 0) is 0 Å². The van der Waals surface area contributed by atoms with Gasteiger partial charge in [-0.2, -0.15) is 0 Å². The third-order valence-corrected chi connectivity index (χ3v) is 3.48. The van der Waals surface area contributed by atoms with Crippen LogP contribution in [0.4, 0.5) is 11.5 Å². The number of anilines is 2. The second kappa shape index (κ2) is 7.26. The van der Waals surface area contributed by atoms with Gasteiger partial charge in [-0.15, -0.1) is 0 Å². The van der Waals surface area contributed by atoms with Crippen molar-refractivity contribution >= 4 is 22.5 Å². The number of benzene rings is 1. The molecule has 0 aliphatic carbocycles. The van der Waals surface area contributed by atoms with E-state index in [0.717, 1.165) is 36.5 Å². The van der Waals surface area contributed by atoms with Gasteiger partial charge < -0.3 is 20.3 Å². The second-order valence-electron chi connectivity index (χ2n) is 5.42. The number of rotatable bonds is 7. The normalized spacial score (nSPS) is 11.1. The van der Waals surface area contributed by atoms with E-state index in [1.54, 1.807) is 0 Å². The largest absolute Gasteiger partial charge is 0.474 e. The summed E-state index contributed by atoms with van der Waals surface area (Å²) < 4.78 is 5.88. The van der Waals surface area contributed by atoms with E-state index in [2.05, 4.69) is 28.6 Å². The van der Waals surface area contributed by atoms with Crippen LogP contribution in [-0.4, -0.2) is 55.2 Å². The molecular weight excluding hydrogens is 278 g/mol. The molecule has 0 unspecified atom stereocenters. The minimum absolute atomic E-state index is 0.580. The first-order valence-corrected chi connectivity index (χ1v) is 7.64. The van der Waals surface area contributed by atoms with Crippen LogP contribution in [0.25, 0.3) is 11.0 Å². The molecule has 0 aliphatic heterocycles. The average molecular weight is 303 g/mol. The van der Waals surface area contributed by atoms with Gasteiger partial charge in [-0.1, -0.05) is 0 Å². The molecule has 0 radical (unpaired) electrons. The van der Waals surface area contributed by atoms with Crippen molar-refractivity contribution in [1.29, 1.82) is 0 Å². The van der Waals surface area contributed by atoms with Crippen LogP contribution in [0.3, 0.4) is 0 Å². The first-order valence-electron chi connectivity index (χ1n) is 7.64. The quantitative estimate of drug-likeness (QED) is 0.789. The average Bonchev–Trinajstić information content (AvgIpc) is 2.48. The summed E-state index contributed by atoms with van der Waals surface area (Å²) in [7, 11) is 4.03. The van der Waals surface area contributed by atoms with E-state index in [-0.39, 0.29) is 0 Å². The Bertz CT molecular complexity index is 625. The fourth-order valence-electron chi connectivity index (χ4n) is 2.20. The van der Waals surface area contributed by atoms with E-state index >= 15 is 0 Å². The number of likely N-dealkylation sites (N-methyl/N-ethyl adjacent to an activating group) is 1. The summed E-state index contributed by atoms with van der Waals surface area (Å²) in [5.74, 6) is 1.37. The lowest BCUT2D eigenvalue weighted by Gasteiger charge is -2.22. The summed E-state index contributed by atoms with van der Waals surface area (Å²) in [6.45, 7) is 7.30. The molecule has 22 heavy (non-hydrogen) atoms. The van der Waals surface area contributed by atoms with Crippen LogP contribution < -0.4 is 15.4 Å². The Morgan fingerprint density at radius 1 is 1.09 bits per heavy atom. The standard InChI is InChI=1S/C16H25N5O/c1-5-21(6-2)15-16(22-10-9-20(3)4)19-13-8-7-12(17)11-14(13)18-15/h7-8,11H,5-6,9-10,17H2,1-4H3. The van der Waals surface area contributed by atoms with E-state index in [9.17, 15) is 0 Å². The van der Waals surface area contributed by atoms with E-state index in [4.69, 9.17) is 15.5 Å². The lowest BCUT2D eigenvalue weighted by atomic mass is 10.2. The fraction of sp³-hybridized carbons (Fsp3) is 0.500. The van der Waals surface area contributed by atoms with E-state index in [0.29, 0.717) is 18.2 Å². The lowest BCUT2D eigenvalue weighted by molar-refractivity contribution is 0.254. The Kier molecular flexibility index (Phi) is 5.38. The maximum atomic E-state index is 5.88.